The van der Waals surface area contributed by atoms with Gasteiger partial charge in [-0.15, -0.1) is 0 Å². The van der Waals surface area contributed by atoms with Crippen LogP contribution in [-0.4, -0.2) is 53.3 Å². The highest BCUT2D eigenvalue weighted by Gasteiger charge is 2.28. The van der Waals surface area contributed by atoms with Gasteiger partial charge < -0.3 is 10.1 Å². The number of carbonyl (C=O) groups excluding carboxylic acids is 1. The minimum atomic E-state index is -3.89. The van der Waals surface area contributed by atoms with Crippen LogP contribution in [0.4, 0.5) is 5.69 Å². The van der Waals surface area contributed by atoms with Gasteiger partial charge in [0.1, 0.15) is 10.6 Å². The first-order chi connectivity index (χ1) is 16.5. The molecule has 1 saturated heterocycles. The van der Waals surface area contributed by atoms with E-state index < -0.39 is 26.0 Å². The van der Waals surface area contributed by atoms with Crippen molar-refractivity contribution in [1.82, 2.24) is 9.03 Å². The monoisotopic (exact) mass is 543 g/mol. The molecule has 35 heavy (non-hydrogen) atoms. The molecule has 3 rings (SSSR count). The van der Waals surface area contributed by atoms with Crippen molar-refractivity contribution in [2.24, 2.45) is 0 Å². The third kappa shape index (κ3) is 6.53. The largest absolute Gasteiger partial charge is 0.495 e. The predicted octanol–water partition coefficient (Wildman–Crippen LogP) is 3.85. The lowest BCUT2D eigenvalue weighted by atomic mass is 10.2. The number of nitrogens with one attached hydrogen (secondary N) is 2. The van der Waals surface area contributed by atoms with E-state index in [-0.39, 0.29) is 37.9 Å². The zero-order valence-electron chi connectivity index (χ0n) is 19.9. The highest BCUT2D eigenvalue weighted by molar-refractivity contribution is 7.89. The number of rotatable bonds is 8. The van der Waals surface area contributed by atoms with Crippen molar-refractivity contribution in [3.63, 3.8) is 0 Å². The first-order valence-electron chi connectivity index (χ1n) is 11.3. The standard InChI is InChI=1S/C23H30ClN3O6S2/c1-16(2)26-34(29,30)18-9-11-21(33-3)20(15-18)25-23(28)17-8-10-19(24)22(14-17)35(31,32)27-12-6-4-5-7-13-27/h8-11,14-16,26H,4-7,12-13H2,1-3H3,(H,25,28). The minimum absolute atomic E-state index is 0.0243. The first-order valence-corrected chi connectivity index (χ1v) is 14.6. The van der Waals surface area contributed by atoms with Crippen molar-refractivity contribution in [2.45, 2.75) is 55.4 Å². The first kappa shape index (κ1) is 27.4. The Labute approximate surface area is 211 Å². The second kappa shape index (κ2) is 11.3. The third-order valence-electron chi connectivity index (χ3n) is 5.50. The number of benzene rings is 2. The van der Waals surface area contributed by atoms with E-state index in [4.69, 9.17) is 16.3 Å². The lowest BCUT2D eigenvalue weighted by molar-refractivity contribution is 0.102. The van der Waals surface area contributed by atoms with Crippen LogP contribution in [0.2, 0.25) is 5.02 Å². The number of hydrogen-bond acceptors (Lipinski definition) is 6. The molecule has 2 N–H and O–H groups in total. The quantitative estimate of drug-likeness (QED) is 0.521. The van der Waals surface area contributed by atoms with E-state index in [1.165, 1.54) is 47.8 Å². The van der Waals surface area contributed by atoms with Gasteiger partial charge in [-0.25, -0.2) is 21.6 Å². The zero-order valence-corrected chi connectivity index (χ0v) is 22.3. The summed E-state index contributed by atoms with van der Waals surface area (Å²) in [6.07, 6.45) is 3.46. The van der Waals surface area contributed by atoms with E-state index in [9.17, 15) is 21.6 Å². The summed E-state index contributed by atoms with van der Waals surface area (Å²) in [5.41, 5.74) is 0.175. The molecule has 1 fully saturated rings. The molecule has 1 amide bonds. The topological polar surface area (TPSA) is 122 Å². The molecule has 0 aliphatic carbocycles. The van der Waals surface area contributed by atoms with Crippen molar-refractivity contribution >= 4 is 43.2 Å². The molecule has 192 valence electrons. The second-order valence-corrected chi connectivity index (χ2v) is 12.6. The molecular weight excluding hydrogens is 514 g/mol. The highest BCUT2D eigenvalue weighted by Crippen LogP contribution is 2.30. The Balaban J connectivity index is 1.93. The summed E-state index contributed by atoms with van der Waals surface area (Å²) in [4.78, 5) is 12.9. The molecule has 2 aromatic rings. The van der Waals surface area contributed by atoms with Crippen molar-refractivity contribution in [3.8, 4) is 5.75 Å². The van der Waals surface area contributed by atoms with Crippen LogP contribution < -0.4 is 14.8 Å². The molecule has 1 aliphatic rings. The van der Waals surface area contributed by atoms with Crippen molar-refractivity contribution in [2.75, 3.05) is 25.5 Å². The summed E-state index contributed by atoms with van der Waals surface area (Å²) in [5, 5.41) is 2.65. The molecule has 9 nitrogen and oxygen atoms in total. The molecule has 1 aliphatic heterocycles. The Morgan fingerprint density at radius 2 is 1.66 bits per heavy atom. The number of ether oxygens (including phenoxy) is 1. The average Bonchev–Trinajstić information content (AvgIpc) is 3.08. The van der Waals surface area contributed by atoms with Crippen LogP contribution in [0.1, 0.15) is 49.9 Å². The fourth-order valence-corrected chi connectivity index (χ4v) is 7.08. The summed E-state index contributed by atoms with van der Waals surface area (Å²) >= 11 is 6.23. The molecule has 0 bridgehead atoms. The molecule has 0 spiro atoms. The van der Waals surface area contributed by atoms with Gasteiger partial charge in [0.15, 0.2) is 0 Å². The lowest BCUT2D eigenvalue weighted by Crippen LogP contribution is -2.32. The van der Waals surface area contributed by atoms with Gasteiger partial charge >= 0.3 is 0 Å². The summed E-state index contributed by atoms with van der Waals surface area (Å²) in [6.45, 7) is 4.19. The Hall–Kier alpha value is -2.18. The fourth-order valence-electron chi connectivity index (χ4n) is 3.79. The van der Waals surface area contributed by atoms with Gasteiger partial charge in [0.2, 0.25) is 20.0 Å². The minimum Gasteiger partial charge on any atom is -0.495 e. The van der Waals surface area contributed by atoms with Crippen molar-refractivity contribution in [3.05, 3.63) is 47.0 Å². The van der Waals surface area contributed by atoms with E-state index in [1.807, 2.05) is 0 Å². The van der Waals surface area contributed by atoms with Crippen LogP contribution in [0.3, 0.4) is 0 Å². The number of halogens is 1. The summed E-state index contributed by atoms with van der Waals surface area (Å²) in [6, 6.07) is 7.78. The third-order valence-corrected chi connectivity index (χ3v) is 9.53. The Bertz CT molecular complexity index is 1290. The molecule has 0 atom stereocenters. The zero-order chi connectivity index (χ0) is 25.8. The van der Waals surface area contributed by atoms with Crippen LogP contribution in [0.5, 0.6) is 5.75 Å². The molecule has 0 radical (unpaired) electrons. The van der Waals surface area contributed by atoms with E-state index in [0.717, 1.165) is 25.7 Å². The van der Waals surface area contributed by atoms with E-state index in [2.05, 4.69) is 10.0 Å². The Morgan fingerprint density at radius 1 is 1.00 bits per heavy atom. The molecule has 12 heteroatoms. The highest BCUT2D eigenvalue weighted by atomic mass is 35.5. The summed E-state index contributed by atoms with van der Waals surface area (Å²) in [7, 11) is -6.31. The maximum atomic E-state index is 13.3. The average molecular weight is 544 g/mol. The number of methoxy groups -OCH3 is 1. The van der Waals surface area contributed by atoms with Crippen LogP contribution >= 0.6 is 11.6 Å². The number of sulfonamides is 2. The smallest absolute Gasteiger partial charge is 0.255 e. The lowest BCUT2D eigenvalue weighted by Gasteiger charge is -2.21. The molecule has 0 unspecified atom stereocenters. The van der Waals surface area contributed by atoms with Gasteiger partial charge in [-0.05, 0) is 63.1 Å². The van der Waals surface area contributed by atoms with Crippen molar-refractivity contribution < 1.29 is 26.4 Å². The molecule has 2 aromatic carbocycles. The maximum Gasteiger partial charge on any atom is 0.255 e. The molecule has 0 saturated carbocycles. The number of anilines is 1. The van der Waals surface area contributed by atoms with Gasteiger partial charge in [-0.2, -0.15) is 4.31 Å². The van der Waals surface area contributed by atoms with Crippen molar-refractivity contribution in [1.29, 1.82) is 0 Å². The normalized spacial score (nSPS) is 15.6. The van der Waals surface area contributed by atoms with Crippen LogP contribution in [0.25, 0.3) is 0 Å². The molecular formula is C23H30ClN3O6S2. The van der Waals surface area contributed by atoms with E-state index >= 15 is 0 Å². The van der Waals surface area contributed by atoms with Gasteiger partial charge in [0.25, 0.3) is 5.91 Å². The summed E-state index contributed by atoms with van der Waals surface area (Å²) in [5.74, 6) is -0.396. The molecule has 0 aromatic heterocycles. The fraction of sp³-hybridized carbons (Fsp3) is 0.435. The predicted molar refractivity (Wildman–Crippen MR) is 135 cm³/mol. The van der Waals surface area contributed by atoms with Gasteiger partial charge in [-0.1, -0.05) is 24.4 Å². The molecule has 1 heterocycles. The second-order valence-electron chi connectivity index (χ2n) is 8.56. The number of carbonyl (C=O) groups is 1. The van der Waals surface area contributed by atoms with Gasteiger partial charge in [-0.3, -0.25) is 4.79 Å². The van der Waals surface area contributed by atoms with Crippen LogP contribution in [-0.2, 0) is 20.0 Å². The van der Waals surface area contributed by atoms with E-state index in [0.29, 0.717) is 13.1 Å². The van der Waals surface area contributed by atoms with Gasteiger partial charge in [0.05, 0.1) is 22.7 Å². The summed E-state index contributed by atoms with van der Waals surface area (Å²) < 4.78 is 60.8. The number of nitrogens with zero attached hydrogens (tertiary/aromatic N) is 1. The Kier molecular flexibility index (Phi) is 8.81. The van der Waals surface area contributed by atoms with E-state index in [1.54, 1.807) is 13.8 Å². The van der Waals surface area contributed by atoms with Gasteiger partial charge in [0, 0.05) is 24.7 Å². The maximum absolute atomic E-state index is 13.3. The van der Waals surface area contributed by atoms with Crippen LogP contribution in [0, 0.1) is 0 Å². The number of hydrogen-bond donors (Lipinski definition) is 2. The number of amides is 1. The Morgan fingerprint density at radius 3 is 2.26 bits per heavy atom. The van der Waals surface area contributed by atoms with Crippen LogP contribution in [0.15, 0.2) is 46.2 Å². The SMILES string of the molecule is COc1ccc(S(=O)(=O)NC(C)C)cc1NC(=O)c1ccc(Cl)c(S(=O)(=O)N2CCCCCC2)c1.